The average Bonchev–Trinajstić information content (AvgIpc) is 2.84. The number of hydrogen-bond acceptors (Lipinski definition) is 6. The number of aromatic nitrogens is 2. The van der Waals surface area contributed by atoms with Crippen LogP contribution in [0.4, 0.5) is 11.6 Å². The number of nitrogens with zero attached hydrogens (tertiary/aromatic N) is 3. The van der Waals surface area contributed by atoms with E-state index in [0.29, 0.717) is 22.6 Å². The van der Waals surface area contributed by atoms with E-state index in [1.807, 2.05) is 6.26 Å². The summed E-state index contributed by atoms with van der Waals surface area (Å²) in [5.41, 5.74) is 0. The zero-order valence-electron chi connectivity index (χ0n) is 9.41. The normalized spacial score (nSPS) is 12.8. The van der Waals surface area contributed by atoms with Crippen molar-refractivity contribution in [1.29, 1.82) is 0 Å². The molecule has 0 radical (unpaired) electrons. The van der Waals surface area contributed by atoms with Crippen molar-refractivity contribution in [2.75, 3.05) is 18.1 Å². The summed E-state index contributed by atoms with van der Waals surface area (Å²) in [5.74, 6) is 0.359. The summed E-state index contributed by atoms with van der Waals surface area (Å²) >= 11 is 3.08. The van der Waals surface area contributed by atoms with Crippen LogP contribution in [0.25, 0.3) is 4.96 Å². The fourth-order valence-corrected chi connectivity index (χ4v) is 2.35. The second-order valence-corrected chi connectivity index (χ2v) is 5.67. The van der Waals surface area contributed by atoms with E-state index in [2.05, 4.69) is 17.2 Å². The van der Waals surface area contributed by atoms with Crippen LogP contribution in [0.3, 0.4) is 0 Å². The monoisotopic (exact) mass is 272 g/mol. The molecule has 2 aromatic rings. The molecule has 2 rings (SSSR count). The smallest absolute Gasteiger partial charge is 0.362 e. The third-order valence-electron chi connectivity index (χ3n) is 2.37. The maximum atomic E-state index is 11.0. The zero-order chi connectivity index (χ0) is 12.4. The highest BCUT2D eigenvalue weighted by molar-refractivity contribution is 7.99. The summed E-state index contributed by atoms with van der Waals surface area (Å²) in [6.45, 7) is 2.72. The lowest BCUT2D eigenvalue weighted by molar-refractivity contribution is -0.389. The molecule has 0 aliphatic carbocycles. The molecule has 92 valence electrons. The van der Waals surface area contributed by atoms with Crippen LogP contribution in [0.15, 0.2) is 11.6 Å². The highest BCUT2D eigenvalue weighted by atomic mass is 32.2. The van der Waals surface area contributed by atoms with Gasteiger partial charge in [-0.3, -0.25) is 0 Å². The summed E-state index contributed by atoms with van der Waals surface area (Å²) < 4.78 is 1.50. The summed E-state index contributed by atoms with van der Waals surface area (Å²) in [7, 11) is 0. The van der Waals surface area contributed by atoms with Crippen LogP contribution in [0.2, 0.25) is 0 Å². The Morgan fingerprint density at radius 2 is 2.53 bits per heavy atom. The Labute approximate surface area is 106 Å². The number of imidazole rings is 1. The fourth-order valence-electron chi connectivity index (χ4n) is 1.39. The second kappa shape index (κ2) is 4.92. The maximum Gasteiger partial charge on any atom is 0.372 e. The summed E-state index contributed by atoms with van der Waals surface area (Å²) in [6, 6.07) is 0. The van der Waals surface area contributed by atoms with Crippen LogP contribution in [0.5, 0.6) is 0 Å². The topological polar surface area (TPSA) is 72.5 Å². The number of fused-ring (bicyclic) bond motifs is 1. The van der Waals surface area contributed by atoms with Crippen LogP contribution in [-0.4, -0.2) is 32.4 Å². The minimum atomic E-state index is -0.404. The molecule has 17 heavy (non-hydrogen) atoms. The molecule has 0 aromatic carbocycles. The molecular weight excluding hydrogens is 260 g/mol. The average molecular weight is 272 g/mol. The Morgan fingerprint density at radius 3 is 3.18 bits per heavy atom. The van der Waals surface area contributed by atoms with Crippen molar-refractivity contribution >= 4 is 39.7 Å². The highest BCUT2D eigenvalue weighted by Gasteiger charge is 2.23. The predicted octanol–water partition coefficient (Wildman–Crippen LogP) is 2.47. The number of anilines is 1. The number of nitrogens with one attached hydrogen (secondary N) is 1. The van der Waals surface area contributed by atoms with Crippen LogP contribution in [0.1, 0.15) is 6.92 Å². The van der Waals surface area contributed by atoms with Crippen molar-refractivity contribution in [3.8, 4) is 0 Å². The van der Waals surface area contributed by atoms with Gasteiger partial charge in [0.25, 0.3) is 4.96 Å². The molecule has 0 bridgehead atoms. The molecule has 8 heteroatoms. The van der Waals surface area contributed by atoms with Gasteiger partial charge in [0.15, 0.2) is 0 Å². The lowest BCUT2D eigenvalue weighted by Crippen LogP contribution is -2.13. The van der Waals surface area contributed by atoms with E-state index in [0.717, 1.165) is 0 Å². The van der Waals surface area contributed by atoms with Crippen molar-refractivity contribution < 1.29 is 4.92 Å². The Kier molecular flexibility index (Phi) is 3.53. The van der Waals surface area contributed by atoms with Crippen molar-refractivity contribution in [2.24, 2.45) is 0 Å². The Bertz CT molecular complexity index is 536. The first-order valence-corrected chi connectivity index (χ1v) is 7.17. The SMILES string of the molecule is CSC(C)CNc1nc2sccn2c1[N+](=O)[O-]. The molecule has 0 aliphatic heterocycles. The molecule has 1 unspecified atom stereocenters. The molecule has 1 N–H and O–H groups in total. The largest absolute Gasteiger partial charge is 0.372 e. The number of rotatable bonds is 5. The predicted molar refractivity (Wildman–Crippen MR) is 71.2 cm³/mol. The molecule has 0 spiro atoms. The van der Waals surface area contributed by atoms with Gasteiger partial charge in [0.05, 0.1) is 0 Å². The molecule has 0 aliphatic rings. The molecule has 2 heterocycles. The number of hydrogen-bond donors (Lipinski definition) is 1. The Hall–Kier alpha value is -1.28. The van der Waals surface area contributed by atoms with E-state index in [4.69, 9.17) is 0 Å². The van der Waals surface area contributed by atoms with Crippen molar-refractivity contribution in [3.05, 3.63) is 21.7 Å². The lowest BCUT2D eigenvalue weighted by atomic mass is 10.4. The van der Waals surface area contributed by atoms with Crippen LogP contribution >= 0.6 is 23.1 Å². The molecular formula is C9H12N4O2S2. The van der Waals surface area contributed by atoms with Gasteiger partial charge in [0.1, 0.15) is 6.20 Å². The molecule has 1 atom stereocenters. The number of nitro groups is 1. The van der Waals surface area contributed by atoms with Gasteiger partial charge < -0.3 is 15.4 Å². The second-order valence-electron chi connectivity index (χ2n) is 3.52. The first-order chi connectivity index (χ1) is 8.13. The molecule has 2 aromatic heterocycles. The maximum absolute atomic E-state index is 11.0. The third kappa shape index (κ3) is 2.37. The molecule has 0 amide bonds. The van der Waals surface area contributed by atoms with Crippen molar-refractivity contribution in [1.82, 2.24) is 9.38 Å². The van der Waals surface area contributed by atoms with Gasteiger partial charge in [-0.05, 0) is 11.2 Å². The van der Waals surface area contributed by atoms with Gasteiger partial charge in [-0.1, -0.05) is 18.3 Å². The Balaban J connectivity index is 2.29. The van der Waals surface area contributed by atoms with Gasteiger partial charge in [-0.2, -0.15) is 21.1 Å². The van der Waals surface area contributed by atoms with Crippen molar-refractivity contribution in [3.63, 3.8) is 0 Å². The quantitative estimate of drug-likeness (QED) is 0.668. The number of thioether (sulfide) groups is 1. The summed E-state index contributed by atoms with van der Waals surface area (Å²) in [4.78, 5) is 15.5. The van der Waals surface area contributed by atoms with Gasteiger partial charge in [-0.15, -0.1) is 0 Å². The molecule has 0 saturated heterocycles. The first kappa shape index (κ1) is 12.2. The van der Waals surface area contributed by atoms with Crippen LogP contribution < -0.4 is 5.32 Å². The van der Waals surface area contributed by atoms with E-state index < -0.39 is 4.92 Å². The zero-order valence-corrected chi connectivity index (χ0v) is 11.0. The van der Waals surface area contributed by atoms with Gasteiger partial charge in [0.2, 0.25) is 5.82 Å². The van der Waals surface area contributed by atoms with E-state index in [1.165, 1.54) is 15.7 Å². The third-order valence-corrected chi connectivity index (χ3v) is 4.10. The van der Waals surface area contributed by atoms with Crippen LogP contribution in [0, 0.1) is 10.1 Å². The lowest BCUT2D eigenvalue weighted by Gasteiger charge is -2.08. The summed E-state index contributed by atoms with van der Waals surface area (Å²) in [6.07, 6.45) is 3.67. The van der Waals surface area contributed by atoms with Crippen molar-refractivity contribution in [2.45, 2.75) is 12.2 Å². The van der Waals surface area contributed by atoms with Gasteiger partial charge in [0, 0.05) is 17.2 Å². The highest BCUT2D eigenvalue weighted by Crippen LogP contribution is 2.28. The molecule has 0 fully saturated rings. The fraction of sp³-hybridized carbons (Fsp3) is 0.444. The van der Waals surface area contributed by atoms with Gasteiger partial charge in [-0.25, -0.2) is 0 Å². The Morgan fingerprint density at radius 1 is 1.76 bits per heavy atom. The molecule has 6 nitrogen and oxygen atoms in total. The van der Waals surface area contributed by atoms with Crippen LogP contribution in [-0.2, 0) is 0 Å². The minimum absolute atomic E-state index is 0.00885. The number of thiazole rings is 1. The standard InChI is InChI=1S/C9H12N4O2S2/c1-6(16-2)5-10-7-8(13(14)15)12-3-4-17-9(12)11-7/h3-4,6,10H,5H2,1-2H3. The molecule has 0 saturated carbocycles. The minimum Gasteiger partial charge on any atom is -0.362 e. The summed E-state index contributed by atoms with van der Waals surface area (Å²) in [5, 5.41) is 16.2. The first-order valence-electron chi connectivity index (χ1n) is 5.00. The van der Waals surface area contributed by atoms with Gasteiger partial charge >= 0.3 is 5.82 Å². The van der Waals surface area contributed by atoms with E-state index in [1.54, 1.807) is 23.3 Å². The van der Waals surface area contributed by atoms with E-state index in [9.17, 15) is 10.1 Å². The van der Waals surface area contributed by atoms with E-state index >= 15 is 0 Å². The van der Waals surface area contributed by atoms with E-state index in [-0.39, 0.29) is 5.82 Å².